The van der Waals surface area contributed by atoms with Crippen molar-refractivity contribution in [3.05, 3.63) is 69.6 Å². The standard InChI is InChI=1S/C20H18ClNO3S/c1-12-7-9-14(10-8-12)11-22-19(23)13(2)25-20(24)18-17(21)15-5-3-4-6-16(15)26-18/h3-10,13H,11H2,1-2H3,(H,22,23). The zero-order valence-corrected chi connectivity index (χ0v) is 16.0. The molecule has 134 valence electrons. The lowest BCUT2D eigenvalue weighted by atomic mass is 10.1. The molecule has 1 unspecified atom stereocenters. The number of ether oxygens (including phenoxy) is 1. The average molecular weight is 388 g/mol. The molecule has 0 aliphatic rings. The maximum Gasteiger partial charge on any atom is 0.350 e. The fourth-order valence-electron chi connectivity index (χ4n) is 2.45. The van der Waals surface area contributed by atoms with E-state index < -0.39 is 12.1 Å². The van der Waals surface area contributed by atoms with Gasteiger partial charge >= 0.3 is 5.97 Å². The SMILES string of the molecule is Cc1ccc(CNC(=O)C(C)OC(=O)c2sc3ccccc3c2Cl)cc1. The van der Waals surface area contributed by atoms with Crippen LogP contribution in [0.15, 0.2) is 48.5 Å². The van der Waals surface area contributed by atoms with Gasteiger partial charge in [0.15, 0.2) is 6.10 Å². The number of halogens is 1. The Morgan fingerprint density at radius 1 is 1.15 bits per heavy atom. The third-order valence-corrected chi connectivity index (χ3v) is 5.62. The van der Waals surface area contributed by atoms with Gasteiger partial charge in [-0.2, -0.15) is 0 Å². The molecule has 0 fully saturated rings. The molecule has 0 bridgehead atoms. The summed E-state index contributed by atoms with van der Waals surface area (Å²) in [7, 11) is 0. The first-order chi connectivity index (χ1) is 12.5. The van der Waals surface area contributed by atoms with Gasteiger partial charge in [0.1, 0.15) is 4.88 Å². The molecule has 4 nitrogen and oxygen atoms in total. The van der Waals surface area contributed by atoms with Crippen molar-refractivity contribution in [2.45, 2.75) is 26.5 Å². The summed E-state index contributed by atoms with van der Waals surface area (Å²) in [6, 6.07) is 15.3. The summed E-state index contributed by atoms with van der Waals surface area (Å²) < 4.78 is 6.19. The maximum absolute atomic E-state index is 12.4. The van der Waals surface area contributed by atoms with Crippen LogP contribution in [0.3, 0.4) is 0 Å². The minimum absolute atomic E-state index is 0.311. The van der Waals surface area contributed by atoms with Crippen LogP contribution in [0.4, 0.5) is 0 Å². The highest BCUT2D eigenvalue weighted by Gasteiger charge is 2.23. The Hall–Kier alpha value is -2.37. The summed E-state index contributed by atoms with van der Waals surface area (Å²) in [4.78, 5) is 24.9. The average Bonchev–Trinajstić information content (AvgIpc) is 2.98. The summed E-state index contributed by atoms with van der Waals surface area (Å²) >= 11 is 7.54. The number of aryl methyl sites for hydroxylation is 1. The number of rotatable bonds is 5. The molecular weight excluding hydrogens is 370 g/mol. The normalized spacial score (nSPS) is 12.0. The lowest BCUT2D eigenvalue weighted by Gasteiger charge is -2.13. The molecule has 1 atom stereocenters. The van der Waals surface area contributed by atoms with E-state index in [-0.39, 0.29) is 5.91 Å². The van der Waals surface area contributed by atoms with Crippen molar-refractivity contribution >= 4 is 44.9 Å². The number of hydrogen-bond donors (Lipinski definition) is 1. The zero-order chi connectivity index (χ0) is 18.7. The molecule has 1 N–H and O–H groups in total. The minimum atomic E-state index is -0.908. The van der Waals surface area contributed by atoms with E-state index in [1.165, 1.54) is 11.3 Å². The van der Waals surface area contributed by atoms with Gasteiger partial charge in [-0.3, -0.25) is 4.79 Å². The molecular formula is C20H18ClNO3S. The molecule has 0 aliphatic heterocycles. The van der Waals surface area contributed by atoms with Crippen LogP contribution in [0.25, 0.3) is 10.1 Å². The van der Waals surface area contributed by atoms with Crippen LogP contribution in [0.2, 0.25) is 5.02 Å². The quantitative estimate of drug-likeness (QED) is 0.644. The Morgan fingerprint density at radius 2 is 1.85 bits per heavy atom. The Bertz CT molecular complexity index is 949. The lowest BCUT2D eigenvalue weighted by Crippen LogP contribution is -2.35. The van der Waals surface area contributed by atoms with Gasteiger partial charge in [0.25, 0.3) is 5.91 Å². The van der Waals surface area contributed by atoms with Crippen LogP contribution in [0, 0.1) is 6.92 Å². The Kier molecular flexibility index (Phi) is 5.59. The van der Waals surface area contributed by atoms with Gasteiger partial charge in [-0.15, -0.1) is 11.3 Å². The molecule has 0 radical (unpaired) electrons. The summed E-state index contributed by atoms with van der Waals surface area (Å²) in [6.07, 6.45) is -0.908. The van der Waals surface area contributed by atoms with Gasteiger partial charge in [-0.1, -0.05) is 59.6 Å². The van der Waals surface area contributed by atoms with Gasteiger partial charge in [-0.25, -0.2) is 4.79 Å². The summed E-state index contributed by atoms with van der Waals surface area (Å²) in [5.41, 5.74) is 2.14. The topological polar surface area (TPSA) is 55.4 Å². The van der Waals surface area contributed by atoms with Crippen LogP contribution < -0.4 is 5.32 Å². The molecule has 3 aromatic rings. The van der Waals surface area contributed by atoms with Crippen molar-refractivity contribution in [3.63, 3.8) is 0 Å². The van der Waals surface area contributed by atoms with E-state index in [1.54, 1.807) is 6.92 Å². The number of amides is 1. The zero-order valence-electron chi connectivity index (χ0n) is 14.4. The van der Waals surface area contributed by atoms with Gasteiger partial charge in [0.2, 0.25) is 0 Å². The number of fused-ring (bicyclic) bond motifs is 1. The highest BCUT2D eigenvalue weighted by Crippen LogP contribution is 2.35. The largest absolute Gasteiger partial charge is 0.448 e. The molecule has 0 saturated heterocycles. The molecule has 0 saturated carbocycles. The first-order valence-corrected chi connectivity index (χ1v) is 9.36. The lowest BCUT2D eigenvalue weighted by molar-refractivity contribution is -0.129. The monoisotopic (exact) mass is 387 g/mol. The van der Waals surface area contributed by atoms with Crippen LogP contribution in [0.5, 0.6) is 0 Å². The van der Waals surface area contributed by atoms with E-state index in [2.05, 4.69) is 5.32 Å². The second-order valence-electron chi connectivity index (χ2n) is 5.99. The summed E-state index contributed by atoms with van der Waals surface area (Å²) in [6.45, 7) is 3.93. The van der Waals surface area contributed by atoms with Crippen molar-refractivity contribution in [1.29, 1.82) is 0 Å². The highest BCUT2D eigenvalue weighted by atomic mass is 35.5. The minimum Gasteiger partial charge on any atom is -0.448 e. The van der Waals surface area contributed by atoms with Crippen LogP contribution in [0.1, 0.15) is 27.7 Å². The fourth-order valence-corrected chi connectivity index (χ4v) is 3.84. The van der Waals surface area contributed by atoms with Gasteiger partial charge < -0.3 is 10.1 Å². The predicted octanol–water partition coefficient (Wildman–Crippen LogP) is 4.72. The third-order valence-electron chi connectivity index (χ3n) is 3.96. The van der Waals surface area contributed by atoms with Crippen molar-refractivity contribution in [1.82, 2.24) is 5.32 Å². The second-order valence-corrected chi connectivity index (χ2v) is 7.42. The number of thiophene rings is 1. The van der Waals surface area contributed by atoms with Crippen LogP contribution in [-0.2, 0) is 16.1 Å². The van der Waals surface area contributed by atoms with E-state index in [4.69, 9.17) is 16.3 Å². The van der Waals surface area contributed by atoms with Crippen molar-refractivity contribution in [3.8, 4) is 0 Å². The second kappa shape index (κ2) is 7.89. The molecule has 1 aromatic heterocycles. The molecule has 2 aromatic carbocycles. The number of carbonyl (C=O) groups is 2. The number of carbonyl (C=O) groups excluding carboxylic acids is 2. The fraction of sp³-hybridized carbons (Fsp3) is 0.200. The Labute approximate surface area is 160 Å². The van der Waals surface area contributed by atoms with Gasteiger partial charge in [-0.05, 0) is 25.5 Å². The maximum atomic E-state index is 12.4. The van der Waals surface area contributed by atoms with Crippen molar-refractivity contribution < 1.29 is 14.3 Å². The van der Waals surface area contributed by atoms with Crippen molar-refractivity contribution in [2.24, 2.45) is 0 Å². The first-order valence-electron chi connectivity index (χ1n) is 8.17. The van der Waals surface area contributed by atoms with Gasteiger partial charge in [0, 0.05) is 16.6 Å². The van der Waals surface area contributed by atoms with E-state index >= 15 is 0 Å². The van der Waals surface area contributed by atoms with E-state index in [9.17, 15) is 9.59 Å². The third kappa shape index (κ3) is 4.06. The van der Waals surface area contributed by atoms with E-state index in [0.717, 1.165) is 21.2 Å². The summed E-state index contributed by atoms with van der Waals surface area (Å²) in [5.74, 6) is -0.939. The summed E-state index contributed by atoms with van der Waals surface area (Å²) in [5, 5.41) is 3.94. The van der Waals surface area contributed by atoms with Crippen LogP contribution >= 0.6 is 22.9 Å². The molecule has 0 aliphatic carbocycles. The van der Waals surface area contributed by atoms with Crippen LogP contribution in [-0.4, -0.2) is 18.0 Å². The van der Waals surface area contributed by atoms with Crippen molar-refractivity contribution in [2.75, 3.05) is 0 Å². The smallest absolute Gasteiger partial charge is 0.350 e. The number of hydrogen-bond acceptors (Lipinski definition) is 4. The highest BCUT2D eigenvalue weighted by molar-refractivity contribution is 7.21. The molecule has 26 heavy (non-hydrogen) atoms. The Morgan fingerprint density at radius 3 is 2.54 bits per heavy atom. The molecule has 0 spiro atoms. The molecule has 1 amide bonds. The number of benzene rings is 2. The molecule has 1 heterocycles. The predicted molar refractivity (Wildman–Crippen MR) is 105 cm³/mol. The van der Waals surface area contributed by atoms with E-state index in [1.807, 2.05) is 55.5 Å². The first kappa shape index (κ1) is 18.4. The van der Waals surface area contributed by atoms with Gasteiger partial charge in [0.05, 0.1) is 5.02 Å². The Balaban J connectivity index is 1.61. The molecule has 6 heteroatoms. The van der Waals surface area contributed by atoms with E-state index in [0.29, 0.717) is 16.4 Å². The molecule has 3 rings (SSSR count). The number of esters is 1. The number of nitrogens with one attached hydrogen (secondary N) is 1.